The summed E-state index contributed by atoms with van der Waals surface area (Å²) >= 11 is 0. The summed E-state index contributed by atoms with van der Waals surface area (Å²) in [5, 5.41) is 0. The van der Waals surface area contributed by atoms with Crippen molar-refractivity contribution in [3.63, 3.8) is 0 Å². The molecule has 0 aliphatic rings. The first-order chi connectivity index (χ1) is 13.2. The van der Waals surface area contributed by atoms with Gasteiger partial charge in [-0.3, -0.25) is 4.79 Å². The number of anilines is 1. The van der Waals surface area contributed by atoms with Crippen molar-refractivity contribution in [1.82, 2.24) is 0 Å². The van der Waals surface area contributed by atoms with E-state index in [2.05, 4.69) is 0 Å². The monoisotopic (exact) mass is 387 g/mol. The van der Waals surface area contributed by atoms with Gasteiger partial charge in [-0.2, -0.15) is 0 Å². The fraction of sp³-hybridized carbons (Fsp3) is 0.333. The highest BCUT2D eigenvalue weighted by molar-refractivity contribution is 6.19. The van der Waals surface area contributed by atoms with Crippen molar-refractivity contribution in [2.45, 2.75) is 26.4 Å². The van der Waals surface area contributed by atoms with Gasteiger partial charge < -0.3 is 18.9 Å². The van der Waals surface area contributed by atoms with E-state index >= 15 is 0 Å². The van der Waals surface area contributed by atoms with Crippen molar-refractivity contribution < 1.29 is 28.5 Å². The molecule has 0 unspecified atom stereocenters. The van der Waals surface area contributed by atoms with Gasteiger partial charge in [0.25, 0.3) is 5.91 Å². The van der Waals surface area contributed by atoms with Crippen LogP contribution in [0.25, 0.3) is 0 Å². The zero-order valence-electron chi connectivity index (χ0n) is 16.9. The van der Waals surface area contributed by atoms with Crippen molar-refractivity contribution >= 4 is 17.7 Å². The van der Waals surface area contributed by atoms with Gasteiger partial charge in [0.15, 0.2) is 11.5 Å². The van der Waals surface area contributed by atoms with Gasteiger partial charge in [-0.05, 0) is 45.0 Å². The maximum absolute atomic E-state index is 13.3. The van der Waals surface area contributed by atoms with Gasteiger partial charge in [-0.25, -0.2) is 9.69 Å². The number of benzene rings is 2. The first-order valence-corrected chi connectivity index (χ1v) is 8.64. The van der Waals surface area contributed by atoms with Crippen LogP contribution in [0.3, 0.4) is 0 Å². The molecule has 0 aliphatic carbocycles. The van der Waals surface area contributed by atoms with Gasteiger partial charge in [0, 0.05) is 5.56 Å². The molecule has 0 N–H and O–H groups in total. The number of ether oxygens (including phenoxy) is 4. The van der Waals surface area contributed by atoms with Crippen LogP contribution in [0.2, 0.25) is 0 Å². The molecular weight excluding hydrogens is 362 g/mol. The Kier molecular flexibility index (Phi) is 6.51. The number of carbonyl (C=O) groups excluding carboxylic acids is 2. The molecule has 2 amide bonds. The zero-order chi connectivity index (χ0) is 20.9. The van der Waals surface area contributed by atoms with Crippen LogP contribution in [-0.4, -0.2) is 38.9 Å². The van der Waals surface area contributed by atoms with E-state index < -0.39 is 17.6 Å². The third-order valence-electron chi connectivity index (χ3n) is 3.71. The van der Waals surface area contributed by atoms with E-state index in [1.807, 2.05) is 0 Å². The number of rotatable bonds is 5. The Labute approximate surface area is 164 Å². The lowest BCUT2D eigenvalue weighted by molar-refractivity contribution is 0.0564. The highest BCUT2D eigenvalue weighted by atomic mass is 16.6. The molecule has 0 saturated carbocycles. The molecule has 150 valence electrons. The second kappa shape index (κ2) is 8.65. The van der Waals surface area contributed by atoms with Crippen molar-refractivity contribution in [2.75, 3.05) is 26.2 Å². The van der Waals surface area contributed by atoms with Gasteiger partial charge in [0.05, 0.1) is 27.0 Å². The minimum Gasteiger partial charge on any atom is -0.493 e. The molecule has 2 aromatic rings. The SMILES string of the molecule is COc1cc(C(=O)N(C(=O)OC(C)(C)C)c2ccccc2)cc(OC)c1OC. The Morgan fingerprint density at radius 2 is 1.39 bits per heavy atom. The molecule has 0 saturated heterocycles. The summed E-state index contributed by atoms with van der Waals surface area (Å²) in [6.07, 6.45) is -0.780. The Morgan fingerprint density at radius 3 is 1.82 bits per heavy atom. The predicted octanol–water partition coefficient (Wildman–Crippen LogP) is 4.29. The highest BCUT2D eigenvalue weighted by Gasteiger charge is 2.31. The van der Waals surface area contributed by atoms with E-state index in [-0.39, 0.29) is 5.56 Å². The second-order valence-electron chi connectivity index (χ2n) is 6.87. The standard InChI is InChI=1S/C21H25NO6/c1-21(2,3)28-20(24)22(15-10-8-7-9-11-15)19(23)14-12-16(25-4)18(27-6)17(13-14)26-5/h7-13H,1-6H3. The summed E-state index contributed by atoms with van der Waals surface area (Å²) in [5.41, 5.74) is -0.195. The molecule has 0 fully saturated rings. The topological polar surface area (TPSA) is 74.3 Å². The van der Waals surface area contributed by atoms with Gasteiger partial charge in [-0.15, -0.1) is 0 Å². The molecule has 7 heteroatoms. The summed E-state index contributed by atoms with van der Waals surface area (Å²) in [6.45, 7) is 5.20. The number of nitrogens with zero attached hydrogens (tertiary/aromatic N) is 1. The third kappa shape index (κ3) is 4.73. The second-order valence-corrected chi connectivity index (χ2v) is 6.87. The summed E-state index contributed by atoms with van der Waals surface area (Å²) in [5.74, 6) is 0.384. The number of hydrogen-bond acceptors (Lipinski definition) is 6. The number of hydrogen-bond donors (Lipinski definition) is 0. The van der Waals surface area contributed by atoms with Crippen molar-refractivity contribution in [3.05, 3.63) is 48.0 Å². The van der Waals surface area contributed by atoms with E-state index in [0.717, 1.165) is 4.90 Å². The normalized spacial score (nSPS) is 10.8. The van der Waals surface area contributed by atoms with Crippen LogP contribution in [0.5, 0.6) is 17.2 Å². The van der Waals surface area contributed by atoms with E-state index in [0.29, 0.717) is 22.9 Å². The average Bonchev–Trinajstić information content (AvgIpc) is 2.66. The molecule has 2 rings (SSSR count). The average molecular weight is 387 g/mol. The first kappa shape index (κ1) is 21.1. The van der Waals surface area contributed by atoms with E-state index in [4.69, 9.17) is 18.9 Å². The lowest BCUT2D eigenvalue weighted by atomic mass is 10.1. The fourth-order valence-electron chi connectivity index (χ4n) is 2.52. The summed E-state index contributed by atoms with van der Waals surface area (Å²) in [4.78, 5) is 27.1. The fourth-order valence-corrected chi connectivity index (χ4v) is 2.52. The molecular formula is C21H25NO6. The Hall–Kier alpha value is -3.22. The van der Waals surface area contributed by atoms with Crippen LogP contribution in [0.1, 0.15) is 31.1 Å². The van der Waals surface area contributed by atoms with Crippen LogP contribution in [0.4, 0.5) is 10.5 Å². The Balaban J connectivity index is 2.55. The summed E-state index contributed by atoms with van der Waals surface area (Å²) < 4.78 is 21.3. The molecule has 0 bridgehead atoms. The summed E-state index contributed by atoms with van der Waals surface area (Å²) in [7, 11) is 4.38. The summed E-state index contributed by atoms with van der Waals surface area (Å²) in [6, 6.07) is 11.5. The van der Waals surface area contributed by atoms with E-state index in [9.17, 15) is 9.59 Å². The highest BCUT2D eigenvalue weighted by Crippen LogP contribution is 2.38. The molecule has 0 heterocycles. The third-order valence-corrected chi connectivity index (χ3v) is 3.71. The van der Waals surface area contributed by atoms with E-state index in [1.54, 1.807) is 51.1 Å². The van der Waals surface area contributed by atoms with Gasteiger partial charge in [0.2, 0.25) is 5.75 Å². The number of amides is 2. The van der Waals surface area contributed by atoms with Gasteiger partial charge in [-0.1, -0.05) is 18.2 Å². The largest absolute Gasteiger partial charge is 0.493 e. The van der Waals surface area contributed by atoms with Crippen molar-refractivity contribution in [3.8, 4) is 17.2 Å². The molecule has 0 atom stereocenters. The number of para-hydroxylation sites is 1. The predicted molar refractivity (Wildman–Crippen MR) is 106 cm³/mol. The quantitative estimate of drug-likeness (QED) is 0.762. The van der Waals surface area contributed by atoms with Crippen LogP contribution in [0, 0.1) is 0 Å². The molecule has 0 radical (unpaired) electrons. The molecule has 7 nitrogen and oxygen atoms in total. The Bertz CT molecular complexity index is 817. The lowest BCUT2D eigenvalue weighted by Crippen LogP contribution is -2.41. The van der Waals surface area contributed by atoms with Crippen LogP contribution < -0.4 is 19.1 Å². The molecule has 0 aromatic heterocycles. The maximum Gasteiger partial charge on any atom is 0.422 e. The van der Waals surface area contributed by atoms with Crippen molar-refractivity contribution in [2.24, 2.45) is 0 Å². The number of imide groups is 1. The maximum atomic E-state index is 13.3. The number of carbonyl (C=O) groups is 2. The lowest BCUT2D eigenvalue weighted by Gasteiger charge is -2.26. The van der Waals surface area contributed by atoms with E-state index in [1.165, 1.54) is 33.5 Å². The molecule has 0 spiro atoms. The minimum atomic E-state index is -0.780. The van der Waals surface area contributed by atoms with Crippen molar-refractivity contribution in [1.29, 1.82) is 0 Å². The smallest absolute Gasteiger partial charge is 0.422 e. The van der Waals surface area contributed by atoms with Gasteiger partial charge in [0.1, 0.15) is 5.60 Å². The molecule has 28 heavy (non-hydrogen) atoms. The van der Waals surface area contributed by atoms with Crippen LogP contribution >= 0.6 is 0 Å². The minimum absolute atomic E-state index is 0.184. The zero-order valence-corrected chi connectivity index (χ0v) is 16.9. The Morgan fingerprint density at radius 1 is 0.857 bits per heavy atom. The first-order valence-electron chi connectivity index (χ1n) is 8.64. The molecule has 2 aromatic carbocycles. The number of methoxy groups -OCH3 is 3. The van der Waals surface area contributed by atoms with Crippen LogP contribution in [-0.2, 0) is 4.74 Å². The molecule has 0 aliphatic heterocycles. The van der Waals surface area contributed by atoms with Gasteiger partial charge >= 0.3 is 6.09 Å². The van der Waals surface area contributed by atoms with Crippen LogP contribution in [0.15, 0.2) is 42.5 Å².